The van der Waals surface area contributed by atoms with Gasteiger partial charge in [-0.2, -0.15) is 0 Å². The van der Waals surface area contributed by atoms with Crippen LogP contribution < -0.4 is 5.32 Å². The van der Waals surface area contributed by atoms with Gasteiger partial charge in [-0.1, -0.05) is 24.8 Å². The Morgan fingerprint density at radius 2 is 2.33 bits per heavy atom. The van der Waals surface area contributed by atoms with Crippen molar-refractivity contribution in [1.29, 1.82) is 0 Å². The second-order valence-electron chi connectivity index (χ2n) is 3.73. The van der Waals surface area contributed by atoms with Crippen LogP contribution in [0.25, 0.3) is 4.96 Å². The first kappa shape index (κ1) is 12.2. The maximum atomic E-state index is 4.71. The van der Waals surface area contributed by atoms with E-state index in [4.69, 9.17) is 4.98 Å². The van der Waals surface area contributed by atoms with E-state index < -0.39 is 0 Å². The number of thiazole rings is 1. The number of thiophene rings is 1. The van der Waals surface area contributed by atoms with E-state index >= 15 is 0 Å². The van der Waals surface area contributed by atoms with Crippen molar-refractivity contribution in [2.75, 3.05) is 6.54 Å². The van der Waals surface area contributed by atoms with Crippen LogP contribution in [0.3, 0.4) is 0 Å². The van der Waals surface area contributed by atoms with Gasteiger partial charge in [-0.3, -0.25) is 4.40 Å². The zero-order valence-corrected chi connectivity index (χ0v) is 12.4. The summed E-state index contributed by atoms with van der Waals surface area (Å²) >= 11 is 5.20. The minimum absolute atomic E-state index is 0.863. The van der Waals surface area contributed by atoms with Crippen molar-refractivity contribution in [1.82, 2.24) is 14.7 Å². The number of hydrogen-bond acceptors (Lipinski definition) is 5. The van der Waals surface area contributed by atoms with Gasteiger partial charge in [0.15, 0.2) is 4.96 Å². The summed E-state index contributed by atoms with van der Waals surface area (Å²) in [5, 5.41) is 8.69. The van der Waals surface area contributed by atoms with Crippen LogP contribution in [0.4, 0.5) is 0 Å². The van der Waals surface area contributed by atoms with Crippen molar-refractivity contribution in [3.05, 3.63) is 34.8 Å². The fourth-order valence-corrected chi connectivity index (χ4v) is 4.31. The van der Waals surface area contributed by atoms with Gasteiger partial charge in [0.25, 0.3) is 0 Å². The first-order valence-corrected chi connectivity index (χ1v) is 8.32. The molecule has 3 rings (SSSR count). The monoisotopic (exact) mass is 295 g/mol. The number of rotatable bonds is 5. The van der Waals surface area contributed by atoms with Crippen molar-refractivity contribution < 1.29 is 0 Å². The van der Waals surface area contributed by atoms with E-state index in [0.717, 1.165) is 23.1 Å². The van der Waals surface area contributed by atoms with E-state index in [1.165, 1.54) is 9.90 Å². The molecule has 94 valence electrons. The van der Waals surface area contributed by atoms with E-state index in [2.05, 4.69) is 45.7 Å². The minimum atomic E-state index is 0.863. The van der Waals surface area contributed by atoms with Crippen LogP contribution in [-0.2, 0) is 6.54 Å². The molecule has 3 aromatic rings. The van der Waals surface area contributed by atoms with Crippen molar-refractivity contribution >= 4 is 39.4 Å². The lowest BCUT2D eigenvalue weighted by Crippen LogP contribution is -2.13. The number of hydrogen-bond donors (Lipinski definition) is 1. The molecular formula is C12H13N3S3. The van der Waals surface area contributed by atoms with E-state index in [0.29, 0.717) is 0 Å². The molecule has 1 N–H and O–H groups in total. The summed E-state index contributed by atoms with van der Waals surface area (Å²) in [5.41, 5.74) is 1.26. The Labute approximate surface area is 118 Å². The van der Waals surface area contributed by atoms with Crippen LogP contribution in [-0.4, -0.2) is 15.9 Å². The molecule has 0 bridgehead atoms. The molecule has 0 radical (unpaired) electrons. The second kappa shape index (κ2) is 5.44. The molecule has 0 atom stereocenters. The zero-order valence-electron chi connectivity index (χ0n) is 9.92. The Morgan fingerprint density at radius 3 is 3.11 bits per heavy atom. The largest absolute Gasteiger partial charge is 0.311 e. The molecule has 3 heterocycles. The SMILES string of the molecule is CCNCc1c(Sc2cccs2)nc2sccn12. The minimum Gasteiger partial charge on any atom is -0.311 e. The number of aromatic nitrogens is 2. The van der Waals surface area contributed by atoms with Gasteiger partial charge in [0.2, 0.25) is 0 Å². The van der Waals surface area contributed by atoms with E-state index in [1.807, 2.05) is 0 Å². The zero-order chi connectivity index (χ0) is 12.4. The molecule has 3 nitrogen and oxygen atoms in total. The predicted octanol–water partition coefficient (Wildman–Crippen LogP) is 3.72. The highest BCUT2D eigenvalue weighted by Crippen LogP contribution is 2.34. The Bertz CT molecular complexity index is 624. The van der Waals surface area contributed by atoms with Gasteiger partial charge in [0.1, 0.15) is 5.03 Å². The predicted molar refractivity (Wildman–Crippen MR) is 78.9 cm³/mol. The normalized spacial score (nSPS) is 11.4. The lowest BCUT2D eigenvalue weighted by molar-refractivity contribution is 0.694. The summed E-state index contributed by atoms with van der Waals surface area (Å²) in [6.07, 6.45) is 2.10. The van der Waals surface area contributed by atoms with Crippen molar-refractivity contribution in [3.8, 4) is 0 Å². The molecule has 0 aliphatic heterocycles. The molecule has 0 saturated heterocycles. The molecule has 0 amide bonds. The molecule has 0 aromatic carbocycles. The number of nitrogens with zero attached hydrogens (tertiary/aromatic N) is 2. The molecule has 3 aromatic heterocycles. The molecule has 0 fully saturated rings. The number of nitrogens with one attached hydrogen (secondary N) is 1. The third-order valence-electron chi connectivity index (χ3n) is 2.56. The summed E-state index contributed by atoms with van der Waals surface area (Å²) in [6, 6.07) is 4.22. The first-order chi connectivity index (χ1) is 8.88. The Hall–Kier alpha value is -0.820. The molecular weight excluding hydrogens is 282 g/mol. The fraction of sp³-hybridized carbons (Fsp3) is 0.250. The number of imidazole rings is 1. The molecule has 0 aliphatic rings. The smallest absolute Gasteiger partial charge is 0.194 e. The Kier molecular flexibility index (Phi) is 3.69. The Balaban J connectivity index is 1.96. The van der Waals surface area contributed by atoms with Gasteiger partial charge >= 0.3 is 0 Å². The van der Waals surface area contributed by atoms with Crippen LogP contribution in [0.5, 0.6) is 0 Å². The molecule has 18 heavy (non-hydrogen) atoms. The van der Waals surface area contributed by atoms with Crippen LogP contribution >= 0.6 is 34.4 Å². The summed E-state index contributed by atoms with van der Waals surface area (Å²) < 4.78 is 3.47. The molecule has 0 saturated carbocycles. The lowest BCUT2D eigenvalue weighted by Gasteiger charge is -2.03. The highest BCUT2D eigenvalue weighted by atomic mass is 32.2. The lowest BCUT2D eigenvalue weighted by atomic mass is 10.4. The maximum absolute atomic E-state index is 4.71. The standard InChI is InChI=1S/C12H13N3S3/c1-2-13-8-9-11(18-10-4-3-6-16-10)14-12-15(9)5-7-17-12/h3-7,13H,2,8H2,1H3. The van der Waals surface area contributed by atoms with Gasteiger partial charge in [-0.15, -0.1) is 22.7 Å². The van der Waals surface area contributed by atoms with E-state index in [-0.39, 0.29) is 0 Å². The van der Waals surface area contributed by atoms with Crippen LogP contribution in [0.1, 0.15) is 12.6 Å². The first-order valence-electron chi connectivity index (χ1n) is 5.75. The van der Waals surface area contributed by atoms with Crippen molar-refractivity contribution in [3.63, 3.8) is 0 Å². The quantitative estimate of drug-likeness (QED) is 0.778. The second-order valence-corrected chi connectivity index (χ2v) is 6.84. The van der Waals surface area contributed by atoms with Gasteiger partial charge < -0.3 is 5.32 Å². The summed E-state index contributed by atoms with van der Waals surface area (Å²) in [6.45, 7) is 3.96. The van der Waals surface area contributed by atoms with E-state index in [1.54, 1.807) is 34.4 Å². The third-order valence-corrected chi connectivity index (χ3v) is 5.37. The Morgan fingerprint density at radius 1 is 1.39 bits per heavy atom. The van der Waals surface area contributed by atoms with Gasteiger partial charge in [0, 0.05) is 18.1 Å². The molecule has 0 unspecified atom stereocenters. The third kappa shape index (κ3) is 2.33. The summed E-state index contributed by atoms with van der Waals surface area (Å²) in [5.74, 6) is 0. The summed E-state index contributed by atoms with van der Waals surface area (Å²) in [4.78, 5) is 5.78. The highest BCUT2D eigenvalue weighted by Gasteiger charge is 2.14. The van der Waals surface area contributed by atoms with Crippen LogP contribution in [0, 0.1) is 0 Å². The van der Waals surface area contributed by atoms with Gasteiger partial charge in [-0.25, -0.2) is 4.98 Å². The van der Waals surface area contributed by atoms with Gasteiger partial charge in [-0.05, 0) is 18.0 Å². The highest BCUT2D eigenvalue weighted by molar-refractivity contribution is 8.01. The van der Waals surface area contributed by atoms with Gasteiger partial charge in [0.05, 0.1) is 9.90 Å². The number of fused-ring (bicyclic) bond motifs is 1. The van der Waals surface area contributed by atoms with E-state index in [9.17, 15) is 0 Å². The average molecular weight is 295 g/mol. The molecule has 6 heteroatoms. The van der Waals surface area contributed by atoms with Crippen LogP contribution in [0.2, 0.25) is 0 Å². The molecule has 0 spiro atoms. The molecule has 0 aliphatic carbocycles. The van der Waals surface area contributed by atoms with Crippen LogP contribution in [0.15, 0.2) is 38.3 Å². The fourth-order valence-electron chi connectivity index (χ4n) is 1.72. The summed E-state index contributed by atoms with van der Waals surface area (Å²) in [7, 11) is 0. The maximum Gasteiger partial charge on any atom is 0.194 e. The topological polar surface area (TPSA) is 29.3 Å². The average Bonchev–Trinajstić information content (AvgIpc) is 3.04. The van der Waals surface area contributed by atoms with Crippen molar-refractivity contribution in [2.45, 2.75) is 22.7 Å². The van der Waals surface area contributed by atoms with Crippen molar-refractivity contribution in [2.24, 2.45) is 0 Å².